The molecule has 3 aromatic rings. The molecular weight excluding hydrogens is 394 g/mol. The van der Waals surface area contributed by atoms with E-state index in [-0.39, 0.29) is 5.91 Å². The van der Waals surface area contributed by atoms with Crippen molar-refractivity contribution in [3.8, 4) is 28.7 Å². The maximum absolute atomic E-state index is 12.3. The van der Waals surface area contributed by atoms with Crippen LogP contribution in [-0.2, 0) is 4.79 Å². The Kier molecular flexibility index (Phi) is 7.54. The van der Waals surface area contributed by atoms with Crippen molar-refractivity contribution in [3.05, 3.63) is 78.4 Å². The lowest BCUT2D eigenvalue weighted by Crippen LogP contribution is -2.07. The molecule has 0 aliphatic rings. The smallest absolute Gasteiger partial charge is 0.248 e. The Morgan fingerprint density at radius 2 is 1.48 bits per heavy atom. The van der Waals surface area contributed by atoms with Crippen LogP contribution < -0.4 is 24.3 Å². The largest absolute Gasteiger partial charge is 0.497 e. The first-order valence-electron chi connectivity index (χ1n) is 9.83. The Balaban J connectivity index is 1.58. The van der Waals surface area contributed by atoms with E-state index in [2.05, 4.69) is 5.32 Å². The number of hydrogen-bond acceptors (Lipinski definition) is 5. The zero-order chi connectivity index (χ0) is 22.1. The second-order valence-corrected chi connectivity index (χ2v) is 6.47. The summed E-state index contributed by atoms with van der Waals surface area (Å²) in [5, 5.41) is 2.83. The number of carbonyl (C=O) groups excluding carboxylic acids is 1. The average molecular weight is 419 g/mol. The summed E-state index contributed by atoms with van der Waals surface area (Å²) in [7, 11) is 3.21. The van der Waals surface area contributed by atoms with Crippen LogP contribution in [0.5, 0.6) is 28.7 Å². The molecule has 0 unspecified atom stereocenters. The summed E-state index contributed by atoms with van der Waals surface area (Å²) >= 11 is 0. The summed E-state index contributed by atoms with van der Waals surface area (Å²) < 4.78 is 21.8. The zero-order valence-corrected chi connectivity index (χ0v) is 17.8. The topological polar surface area (TPSA) is 66.0 Å². The van der Waals surface area contributed by atoms with Crippen molar-refractivity contribution in [2.24, 2.45) is 0 Å². The quantitative estimate of drug-likeness (QED) is 0.461. The molecule has 6 nitrogen and oxygen atoms in total. The van der Waals surface area contributed by atoms with Gasteiger partial charge in [0.25, 0.3) is 0 Å². The van der Waals surface area contributed by atoms with Gasteiger partial charge in [0, 0.05) is 11.8 Å². The first kappa shape index (κ1) is 21.8. The van der Waals surface area contributed by atoms with E-state index >= 15 is 0 Å². The van der Waals surface area contributed by atoms with Gasteiger partial charge in [-0.05, 0) is 79.2 Å². The number of ether oxygens (including phenoxy) is 4. The molecule has 0 saturated heterocycles. The highest BCUT2D eigenvalue weighted by molar-refractivity contribution is 6.02. The van der Waals surface area contributed by atoms with E-state index in [0.29, 0.717) is 35.3 Å². The minimum absolute atomic E-state index is 0.238. The molecule has 0 bridgehead atoms. The van der Waals surface area contributed by atoms with Crippen molar-refractivity contribution in [1.82, 2.24) is 0 Å². The molecule has 1 amide bonds. The first-order chi connectivity index (χ1) is 15.1. The van der Waals surface area contributed by atoms with E-state index in [9.17, 15) is 4.79 Å². The second kappa shape index (κ2) is 10.7. The number of amides is 1. The van der Waals surface area contributed by atoms with E-state index in [4.69, 9.17) is 18.9 Å². The van der Waals surface area contributed by atoms with Gasteiger partial charge < -0.3 is 24.3 Å². The standard InChI is InChI=1S/C25H25NO5/c1-4-30-24-17-18(5-15-23(24)29-3)6-16-25(27)26-19-7-9-21(10-8-19)31-22-13-11-20(28-2)12-14-22/h5-17H,4H2,1-3H3,(H,26,27)/b16-6+. The highest BCUT2D eigenvalue weighted by atomic mass is 16.5. The molecule has 3 aromatic carbocycles. The van der Waals surface area contributed by atoms with Gasteiger partial charge in [-0.3, -0.25) is 4.79 Å². The van der Waals surface area contributed by atoms with Gasteiger partial charge in [-0.15, -0.1) is 0 Å². The number of nitrogens with one attached hydrogen (secondary N) is 1. The molecule has 0 fully saturated rings. The molecule has 0 spiro atoms. The van der Waals surface area contributed by atoms with Crippen molar-refractivity contribution >= 4 is 17.7 Å². The number of carbonyl (C=O) groups is 1. The Bertz CT molecular complexity index is 1030. The predicted octanol–water partition coefficient (Wildman–Crippen LogP) is 5.55. The Labute approximate surface area is 182 Å². The van der Waals surface area contributed by atoms with Crippen LogP contribution in [0.1, 0.15) is 12.5 Å². The summed E-state index contributed by atoms with van der Waals surface area (Å²) in [5.74, 6) is 3.19. The lowest BCUT2D eigenvalue weighted by atomic mass is 10.2. The minimum atomic E-state index is -0.238. The lowest BCUT2D eigenvalue weighted by Gasteiger charge is -2.09. The molecule has 0 saturated carbocycles. The Morgan fingerprint density at radius 1 is 0.839 bits per heavy atom. The van der Waals surface area contributed by atoms with Gasteiger partial charge in [-0.25, -0.2) is 0 Å². The maximum atomic E-state index is 12.3. The molecule has 0 heterocycles. The van der Waals surface area contributed by atoms with Crippen LogP contribution in [0.25, 0.3) is 6.08 Å². The zero-order valence-electron chi connectivity index (χ0n) is 17.8. The summed E-state index contributed by atoms with van der Waals surface area (Å²) in [4.78, 5) is 12.3. The lowest BCUT2D eigenvalue weighted by molar-refractivity contribution is -0.111. The van der Waals surface area contributed by atoms with Crippen LogP contribution in [0, 0.1) is 0 Å². The van der Waals surface area contributed by atoms with Crippen LogP contribution >= 0.6 is 0 Å². The molecule has 3 rings (SSSR count). The number of anilines is 1. The normalized spacial score (nSPS) is 10.5. The molecule has 31 heavy (non-hydrogen) atoms. The van der Waals surface area contributed by atoms with Crippen LogP contribution in [0.3, 0.4) is 0 Å². The molecule has 0 aliphatic heterocycles. The average Bonchev–Trinajstić information content (AvgIpc) is 2.80. The molecule has 0 aliphatic carbocycles. The van der Waals surface area contributed by atoms with Crippen molar-refractivity contribution in [2.75, 3.05) is 26.1 Å². The highest BCUT2D eigenvalue weighted by Gasteiger charge is 2.05. The highest BCUT2D eigenvalue weighted by Crippen LogP contribution is 2.28. The van der Waals surface area contributed by atoms with E-state index < -0.39 is 0 Å². The molecule has 0 aromatic heterocycles. The van der Waals surface area contributed by atoms with Gasteiger partial charge in [0.05, 0.1) is 20.8 Å². The number of hydrogen-bond donors (Lipinski definition) is 1. The Hall–Kier alpha value is -3.93. The van der Waals surface area contributed by atoms with Crippen LogP contribution in [0.4, 0.5) is 5.69 Å². The third-order valence-corrected chi connectivity index (χ3v) is 4.33. The van der Waals surface area contributed by atoms with Crippen molar-refractivity contribution < 1.29 is 23.7 Å². The minimum Gasteiger partial charge on any atom is -0.497 e. The molecule has 1 N–H and O–H groups in total. The van der Waals surface area contributed by atoms with Gasteiger partial charge in [0.15, 0.2) is 11.5 Å². The van der Waals surface area contributed by atoms with E-state index in [1.807, 2.05) is 49.4 Å². The summed E-state index contributed by atoms with van der Waals surface area (Å²) in [6.45, 7) is 2.44. The summed E-state index contributed by atoms with van der Waals surface area (Å²) in [5.41, 5.74) is 1.50. The SMILES string of the molecule is CCOc1cc(/C=C/C(=O)Nc2ccc(Oc3ccc(OC)cc3)cc2)ccc1OC. The van der Waals surface area contributed by atoms with Crippen LogP contribution in [0.2, 0.25) is 0 Å². The van der Waals surface area contributed by atoms with Gasteiger partial charge in [-0.2, -0.15) is 0 Å². The number of rotatable bonds is 9. The van der Waals surface area contributed by atoms with E-state index in [1.54, 1.807) is 44.6 Å². The summed E-state index contributed by atoms with van der Waals surface area (Å²) in [6, 6.07) is 20.0. The fraction of sp³-hybridized carbons (Fsp3) is 0.160. The number of benzene rings is 3. The fourth-order valence-corrected chi connectivity index (χ4v) is 2.81. The molecule has 0 radical (unpaired) electrons. The van der Waals surface area contributed by atoms with Crippen LogP contribution in [0.15, 0.2) is 72.8 Å². The number of methoxy groups -OCH3 is 2. The van der Waals surface area contributed by atoms with Gasteiger partial charge >= 0.3 is 0 Å². The van der Waals surface area contributed by atoms with E-state index in [0.717, 1.165) is 11.3 Å². The van der Waals surface area contributed by atoms with E-state index in [1.165, 1.54) is 6.08 Å². The molecule has 0 atom stereocenters. The second-order valence-electron chi connectivity index (χ2n) is 6.47. The maximum Gasteiger partial charge on any atom is 0.248 e. The Morgan fingerprint density at radius 3 is 2.10 bits per heavy atom. The van der Waals surface area contributed by atoms with Crippen molar-refractivity contribution in [1.29, 1.82) is 0 Å². The van der Waals surface area contributed by atoms with Crippen molar-refractivity contribution in [2.45, 2.75) is 6.92 Å². The third-order valence-electron chi connectivity index (χ3n) is 4.33. The van der Waals surface area contributed by atoms with Gasteiger partial charge in [-0.1, -0.05) is 6.07 Å². The molecule has 160 valence electrons. The van der Waals surface area contributed by atoms with Crippen molar-refractivity contribution in [3.63, 3.8) is 0 Å². The molecule has 6 heteroatoms. The molecular formula is C25H25NO5. The van der Waals surface area contributed by atoms with Crippen LogP contribution in [-0.4, -0.2) is 26.7 Å². The third kappa shape index (κ3) is 6.27. The fourth-order valence-electron chi connectivity index (χ4n) is 2.81. The van der Waals surface area contributed by atoms with Gasteiger partial charge in [0.1, 0.15) is 17.2 Å². The first-order valence-corrected chi connectivity index (χ1v) is 9.83. The summed E-state index contributed by atoms with van der Waals surface area (Å²) in [6.07, 6.45) is 3.19. The monoisotopic (exact) mass is 419 g/mol. The van der Waals surface area contributed by atoms with Gasteiger partial charge in [0.2, 0.25) is 5.91 Å². The predicted molar refractivity (Wildman–Crippen MR) is 121 cm³/mol.